The summed E-state index contributed by atoms with van der Waals surface area (Å²) in [6.07, 6.45) is 2.89. The number of carbonyl (C=O) groups excluding carboxylic acids is 4. The van der Waals surface area contributed by atoms with Crippen molar-refractivity contribution < 1.29 is 23.9 Å². The van der Waals surface area contributed by atoms with Crippen LogP contribution in [0.1, 0.15) is 72.1 Å². The Kier molecular flexibility index (Phi) is 10.4. The largest absolute Gasteiger partial charge is 0.462 e. The summed E-state index contributed by atoms with van der Waals surface area (Å²) in [6.45, 7) is 5.05. The van der Waals surface area contributed by atoms with E-state index < -0.39 is 0 Å². The molecule has 0 aliphatic carbocycles. The van der Waals surface area contributed by atoms with Gasteiger partial charge in [0.15, 0.2) is 0 Å². The van der Waals surface area contributed by atoms with Gasteiger partial charge >= 0.3 is 5.97 Å². The summed E-state index contributed by atoms with van der Waals surface area (Å²) in [5, 5.41) is 0. The molecule has 0 amide bonds. The number of rotatable bonds is 12. The summed E-state index contributed by atoms with van der Waals surface area (Å²) in [6, 6.07) is 0. The summed E-state index contributed by atoms with van der Waals surface area (Å²) >= 11 is 0. The first kappa shape index (κ1) is 19.5. The van der Waals surface area contributed by atoms with Crippen LogP contribution in [0.25, 0.3) is 0 Å². The fraction of sp³-hybridized carbons (Fsp3) is 0.750. The summed E-state index contributed by atoms with van der Waals surface area (Å²) in [4.78, 5) is 44.9. The van der Waals surface area contributed by atoms with Crippen LogP contribution in [0.15, 0.2) is 0 Å². The lowest BCUT2D eigenvalue weighted by Crippen LogP contribution is -2.17. The van der Waals surface area contributed by atoms with Gasteiger partial charge in [0.1, 0.15) is 23.5 Å². The van der Waals surface area contributed by atoms with Crippen molar-refractivity contribution >= 4 is 23.3 Å². The lowest BCUT2D eigenvalue weighted by Gasteiger charge is -2.15. The summed E-state index contributed by atoms with van der Waals surface area (Å²) in [7, 11) is 0. The first-order chi connectivity index (χ1) is 9.88. The summed E-state index contributed by atoms with van der Waals surface area (Å²) < 4.78 is 5.23. The van der Waals surface area contributed by atoms with Crippen molar-refractivity contribution in [2.24, 2.45) is 0 Å². The SMILES string of the molecule is CCC(=O)OC(CC)CCCC(=O)CCC(=O)CC(C)=O. The minimum atomic E-state index is -0.219. The normalized spacial score (nSPS) is 11.8. The van der Waals surface area contributed by atoms with E-state index >= 15 is 0 Å². The molecular weight excluding hydrogens is 272 g/mol. The molecule has 5 nitrogen and oxygen atoms in total. The minimum Gasteiger partial charge on any atom is -0.462 e. The molecule has 0 N–H and O–H groups in total. The molecular formula is C16H26O5. The predicted molar refractivity (Wildman–Crippen MR) is 78.9 cm³/mol. The molecule has 0 saturated heterocycles. The van der Waals surface area contributed by atoms with E-state index in [9.17, 15) is 19.2 Å². The number of hydrogen-bond donors (Lipinski definition) is 0. The third kappa shape index (κ3) is 10.9. The molecule has 0 aromatic rings. The molecule has 0 radical (unpaired) electrons. The fourth-order valence-corrected chi connectivity index (χ4v) is 1.91. The highest BCUT2D eigenvalue weighted by molar-refractivity contribution is 5.99. The minimum absolute atomic E-state index is 0.0172. The van der Waals surface area contributed by atoms with Gasteiger partial charge in [0.2, 0.25) is 0 Å². The van der Waals surface area contributed by atoms with Gasteiger partial charge in [0, 0.05) is 25.7 Å². The van der Waals surface area contributed by atoms with E-state index in [4.69, 9.17) is 4.74 Å². The Morgan fingerprint density at radius 2 is 1.57 bits per heavy atom. The van der Waals surface area contributed by atoms with Crippen LogP contribution in [0.3, 0.4) is 0 Å². The quantitative estimate of drug-likeness (QED) is 0.409. The highest BCUT2D eigenvalue weighted by atomic mass is 16.5. The van der Waals surface area contributed by atoms with E-state index in [1.54, 1.807) is 6.92 Å². The van der Waals surface area contributed by atoms with Crippen molar-refractivity contribution in [3.05, 3.63) is 0 Å². The Hall–Kier alpha value is -1.52. The van der Waals surface area contributed by atoms with E-state index in [2.05, 4.69) is 0 Å². The Labute approximate surface area is 126 Å². The van der Waals surface area contributed by atoms with Gasteiger partial charge in [-0.2, -0.15) is 0 Å². The molecule has 0 aliphatic rings. The van der Waals surface area contributed by atoms with Gasteiger partial charge in [0.25, 0.3) is 0 Å². The summed E-state index contributed by atoms with van der Waals surface area (Å²) in [5.74, 6) is -0.554. The monoisotopic (exact) mass is 298 g/mol. The van der Waals surface area contributed by atoms with Crippen molar-refractivity contribution in [2.45, 2.75) is 78.2 Å². The van der Waals surface area contributed by atoms with Crippen molar-refractivity contribution in [3.63, 3.8) is 0 Å². The van der Waals surface area contributed by atoms with Gasteiger partial charge in [0.05, 0.1) is 6.42 Å². The highest BCUT2D eigenvalue weighted by Gasteiger charge is 2.13. The molecule has 0 heterocycles. The van der Waals surface area contributed by atoms with Gasteiger partial charge in [-0.25, -0.2) is 0 Å². The fourth-order valence-electron chi connectivity index (χ4n) is 1.91. The Bertz CT molecular complexity index is 373. The molecule has 21 heavy (non-hydrogen) atoms. The van der Waals surface area contributed by atoms with Gasteiger partial charge in [-0.1, -0.05) is 13.8 Å². The van der Waals surface area contributed by atoms with E-state index in [0.29, 0.717) is 25.7 Å². The number of Topliss-reactive ketones (excluding diaryl/α,β-unsaturated/α-hetero) is 3. The van der Waals surface area contributed by atoms with E-state index in [0.717, 1.165) is 6.42 Å². The maximum atomic E-state index is 11.6. The van der Waals surface area contributed by atoms with Gasteiger partial charge < -0.3 is 4.74 Å². The molecule has 120 valence electrons. The first-order valence-corrected chi connectivity index (χ1v) is 7.61. The number of esters is 1. The zero-order valence-corrected chi connectivity index (χ0v) is 13.3. The lowest BCUT2D eigenvalue weighted by molar-refractivity contribution is -0.149. The second kappa shape index (κ2) is 11.2. The summed E-state index contributed by atoms with van der Waals surface area (Å²) in [5.41, 5.74) is 0. The van der Waals surface area contributed by atoms with E-state index in [1.165, 1.54) is 6.92 Å². The average molecular weight is 298 g/mol. The second-order valence-corrected chi connectivity index (χ2v) is 5.22. The standard InChI is InChI=1S/C16H26O5/c1-4-15(21-16(20)5-2)8-6-7-13(18)9-10-14(19)11-12(3)17/h15H,4-11H2,1-3H3. The number of hydrogen-bond acceptors (Lipinski definition) is 5. The van der Waals surface area contributed by atoms with E-state index in [1.807, 2.05) is 6.92 Å². The topological polar surface area (TPSA) is 77.5 Å². The molecule has 0 aromatic heterocycles. The molecule has 5 heteroatoms. The van der Waals surface area contributed by atoms with Crippen LogP contribution in [0.2, 0.25) is 0 Å². The van der Waals surface area contributed by atoms with Crippen LogP contribution < -0.4 is 0 Å². The highest BCUT2D eigenvalue weighted by Crippen LogP contribution is 2.11. The maximum Gasteiger partial charge on any atom is 0.305 e. The first-order valence-electron chi connectivity index (χ1n) is 7.61. The Balaban J connectivity index is 3.84. The Morgan fingerprint density at radius 1 is 0.952 bits per heavy atom. The molecule has 0 bridgehead atoms. The van der Waals surface area contributed by atoms with Crippen LogP contribution in [-0.2, 0) is 23.9 Å². The van der Waals surface area contributed by atoms with Crippen molar-refractivity contribution in [3.8, 4) is 0 Å². The molecule has 0 aromatic carbocycles. The zero-order chi connectivity index (χ0) is 16.3. The smallest absolute Gasteiger partial charge is 0.305 e. The van der Waals surface area contributed by atoms with E-state index in [-0.39, 0.29) is 48.7 Å². The van der Waals surface area contributed by atoms with Gasteiger partial charge in [-0.3, -0.25) is 19.2 Å². The third-order valence-corrected chi connectivity index (χ3v) is 3.15. The van der Waals surface area contributed by atoms with Crippen LogP contribution >= 0.6 is 0 Å². The maximum absolute atomic E-state index is 11.6. The number of carbonyl (C=O) groups is 4. The third-order valence-electron chi connectivity index (χ3n) is 3.15. The predicted octanol–water partition coefficient (Wildman–Crippen LogP) is 2.79. The van der Waals surface area contributed by atoms with Crippen LogP contribution in [-0.4, -0.2) is 29.4 Å². The van der Waals surface area contributed by atoms with Crippen molar-refractivity contribution in [2.75, 3.05) is 0 Å². The molecule has 0 aliphatic heterocycles. The van der Waals surface area contributed by atoms with Crippen LogP contribution in [0.4, 0.5) is 0 Å². The second-order valence-electron chi connectivity index (χ2n) is 5.22. The number of ether oxygens (including phenoxy) is 1. The zero-order valence-electron chi connectivity index (χ0n) is 13.3. The molecule has 0 spiro atoms. The number of ketones is 3. The lowest BCUT2D eigenvalue weighted by atomic mass is 10.0. The average Bonchev–Trinajstić information content (AvgIpc) is 2.43. The molecule has 0 saturated carbocycles. The Morgan fingerprint density at radius 3 is 2.10 bits per heavy atom. The van der Waals surface area contributed by atoms with Crippen molar-refractivity contribution in [1.29, 1.82) is 0 Å². The molecule has 1 unspecified atom stereocenters. The molecule has 0 fully saturated rings. The van der Waals surface area contributed by atoms with Gasteiger partial charge in [-0.05, 0) is 26.2 Å². The van der Waals surface area contributed by atoms with Crippen LogP contribution in [0.5, 0.6) is 0 Å². The van der Waals surface area contributed by atoms with Crippen LogP contribution in [0, 0.1) is 0 Å². The van der Waals surface area contributed by atoms with Gasteiger partial charge in [-0.15, -0.1) is 0 Å². The molecule has 0 rings (SSSR count). The van der Waals surface area contributed by atoms with Crippen molar-refractivity contribution in [1.82, 2.24) is 0 Å². The molecule has 1 atom stereocenters.